The highest BCUT2D eigenvalue weighted by atomic mass is 32.2. The van der Waals surface area contributed by atoms with Gasteiger partial charge in [0.1, 0.15) is 5.69 Å². The SMILES string of the molecule is CCN(CC)S(=O)(=O)c1ccc2c(c1)cc(C(=O)N1CCC[C@@H](C)C1)n2C. The topological polar surface area (TPSA) is 62.6 Å². The number of aryl methyl sites for hydroxylation is 1. The predicted molar refractivity (Wildman–Crippen MR) is 107 cm³/mol. The van der Waals surface area contributed by atoms with Gasteiger partial charge in [-0.1, -0.05) is 20.8 Å². The first-order valence-electron chi connectivity index (χ1n) is 9.68. The number of nitrogens with zero attached hydrogens (tertiary/aromatic N) is 3. The Balaban J connectivity index is 1.99. The van der Waals surface area contributed by atoms with E-state index in [4.69, 9.17) is 0 Å². The number of likely N-dealkylation sites (tertiary alicyclic amines) is 1. The highest BCUT2D eigenvalue weighted by Gasteiger charge is 2.26. The molecule has 1 atom stereocenters. The maximum absolute atomic E-state index is 13.0. The zero-order chi connectivity index (χ0) is 19.8. The monoisotopic (exact) mass is 391 g/mol. The molecule has 1 fully saturated rings. The molecule has 27 heavy (non-hydrogen) atoms. The second-order valence-corrected chi connectivity index (χ2v) is 9.34. The van der Waals surface area contributed by atoms with Gasteiger partial charge in [-0.25, -0.2) is 8.42 Å². The van der Waals surface area contributed by atoms with Crippen LogP contribution in [-0.2, 0) is 17.1 Å². The van der Waals surface area contributed by atoms with Crippen molar-refractivity contribution >= 4 is 26.8 Å². The Hall–Kier alpha value is -1.86. The molecule has 1 aromatic carbocycles. The average Bonchev–Trinajstić information content (AvgIpc) is 2.98. The van der Waals surface area contributed by atoms with E-state index in [-0.39, 0.29) is 10.8 Å². The number of piperidine rings is 1. The highest BCUT2D eigenvalue weighted by molar-refractivity contribution is 7.89. The van der Waals surface area contributed by atoms with Gasteiger partial charge >= 0.3 is 0 Å². The van der Waals surface area contributed by atoms with Gasteiger partial charge in [-0.2, -0.15) is 4.31 Å². The Morgan fingerprint density at radius 1 is 1.22 bits per heavy atom. The number of rotatable bonds is 5. The summed E-state index contributed by atoms with van der Waals surface area (Å²) in [5.41, 5.74) is 1.47. The molecule has 0 radical (unpaired) electrons. The Kier molecular flexibility index (Phi) is 5.63. The lowest BCUT2D eigenvalue weighted by atomic mass is 10.00. The van der Waals surface area contributed by atoms with E-state index < -0.39 is 10.0 Å². The molecule has 1 aliphatic heterocycles. The minimum absolute atomic E-state index is 0.0217. The van der Waals surface area contributed by atoms with Crippen molar-refractivity contribution in [2.45, 2.75) is 38.5 Å². The first-order valence-corrected chi connectivity index (χ1v) is 11.1. The number of benzene rings is 1. The van der Waals surface area contributed by atoms with Crippen LogP contribution in [0.3, 0.4) is 0 Å². The third kappa shape index (κ3) is 3.62. The molecular weight excluding hydrogens is 362 g/mol. The van der Waals surface area contributed by atoms with Gasteiger partial charge in [0.05, 0.1) is 4.90 Å². The fourth-order valence-corrected chi connectivity index (χ4v) is 5.44. The van der Waals surface area contributed by atoms with Crippen molar-refractivity contribution in [3.63, 3.8) is 0 Å². The number of sulfonamides is 1. The van der Waals surface area contributed by atoms with Crippen LogP contribution in [-0.4, -0.2) is 54.3 Å². The Labute approximate surface area is 161 Å². The predicted octanol–water partition coefficient (Wildman–Crippen LogP) is 3.08. The van der Waals surface area contributed by atoms with E-state index in [1.54, 1.807) is 18.2 Å². The second kappa shape index (κ2) is 7.64. The third-order valence-electron chi connectivity index (χ3n) is 5.52. The summed E-state index contributed by atoms with van der Waals surface area (Å²) in [7, 11) is -1.65. The number of carbonyl (C=O) groups is 1. The standard InChI is InChI=1S/C20H29N3O3S/c1-5-23(6-2)27(25,26)17-9-10-18-16(12-17)13-19(21(18)4)20(24)22-11-7-8-15(3)14-22/h9-10,12-13,15H,5-8,11,14H2,1-4H3/t15-/m1/s1. The average molecular weight is 392 g/mol. The normalized spacial score (nSPS) is 18.4. The molecule has 1 aliphatic rings. The summed E-state index contributed by atoms with van der Waals surface area (Å²) in [6.07, 6.45) is 2.19. The summed E-state index contributed by atoms with van der Waals surface area (Å²) < 4.78 is 28.9. The smallest absolute Gasteiger partial charge is 0.270 e. The highest BCUT2D eigenvalue weighted by Crippen LogP contribution is 2.26. The zero-order valence-electron chi connectivity index (χ0n) is 16.6. The lowest BCUT2D eigenvalue weighted by molar-refractivity contribution is 0.0674. The Bertz CT molecular complexity index is 945. The van der Waals surface area contributed by atoms with Crippen LogP contribution in [0.25, 0.3) is 10.9 Å². The van der Waals surface area contributed by atoms with E-state index in [9.17, 15) is 13.2 Å². The van der Waals surface area contributed by atoms with Crippen LogP contribution in [0.4, 0.5) is 0 Å². The molecule has 7 heteroatoms. The Morgan fingerprint density at radius 2 is 1.93 bits per heavy atom. The lowest BCUT2D eigenvalue weighted by Gasteiger charge is -2.31. The van der Waals surface area contributed by atoms with Gasteiger partial charge in [-0.3, -0.25) is 4.79 Å². The van der Waals surface area contributed by atoms with Gasteiger partial charge in [0.2, 0.25) is 10.0 Å². The molecule has 1 saturated heterocycles. The minimum atomic E-state index is -3.52. The maximum atomic E-state index is 13.0. The molecule has 148 valence electrons. The Morgan fingerprint density at radius 3 is 2.56 bits per heavy atom. The second-order valence-electron chi connectivity index (χ2n) is 7.40. The van der Waals surface area contributed by atoms with Crippen molar-refractivity contribution in [2.24, 2.45) is 13.0 Å². The first kappa shape index (κ1) is 19.9. The molecule has 1 aromatic heterocycles. The van der Waals surface area contributed by atoms with Gasteiger partial charge in [0, 0.05) is 44.1 Å². The fourth-order valence-electron chi connectivity index (χ4n) is 3.94. The lowest BCUT2D eigenvalue weighted by Crippen LogP contribution is -2.39. The number of carbonyl (C=O) groups excluding carboxylic acids is 1. The molecule has 2 heterocycles. The van der Waals surface area contributed by atoms with Crippen molar-refractivity contribution in [3.05, 3.63) is 30.0 Å². The first-order chi connectivity index (χ1) is 12.8. The summed E-state index contributed by atoms with van der Waals surface area (Å²) in [6.45, 7) is 8.27. The van der Waals surface area contributed by atoms with Crippen LogP contribution in [0.1, 0.15) is 44.1 Å². The number of fused-ring (bicyclic) bond motifs is 1. The summed E-state index contributed by atoms with van der Waals surface area (Å²) in [4.78, 5) is 15.2. The molecule has 3 rings (SSSR count). The van der Waals surface area contributed by atoms with Crippen molar-refractivity contribution in [1.82, 2.24) is 13.8 Å². The molecule has 2 aromatic rings. The molecule has 1 amide bonds. The van der Waals surface area contributed by atoms with Gasteiger partial charge in [0.25, 0.3) is 5.91 Å². The minimum Gasteiger partial charge on any atom is -0.340 e. The number of aromatic nitrogens is 1. The summed E-state index contributed by atoms with van der Waals surface area (Å²) in [6, 6.07) is 6.92. The van der Waals surface area contributed by atoms with E-state index in [2.05, 4.69) is 6.92 Å². The van der Waals surface area contributed by atoms with Crippen LogP contribution in [0.5, 0.6) is 0 Å². The van der Waals surface area contributed by atoms with Crippen LogP contribution in [0, 0.1) is 5.92 Å². The van der Waals surface area contributed by atoms with Gasteiger partial charge in [-0.15, -0.1) is 0 Å². The van der Waals surface area contributed by atoms with E-state index in [1.165, 1.54) is 4.31 Å². The third-order valence-corrected chi connectivity index (χ3v) is 7.57. The van der Waals surface area contributed by atoms with E-state index in [0.29, 0.717) is 24.7 Å². The van der Waals surface area contributed by atoms with E-state index >= 15 is 0 Å². The van der Waals surface area contributed by atoms with Crippen molar-refractivity contribution in [3.8, 4) is 0 Å². The van der Waals surface area contributed by atoms with Crippen LogP contribution >= 0.6 is 0 Å². The molecule has 0 spiro atoms. The number of amides is 1. The van der Waals surface area contributed by atoms with Crippen LogP contribution in [0.15, 0.2) is 29.2 Å². The van der Waals surface area contributed by atoms with Crippen molar-refractivity contribution in [2.75, 3.05) is 26.2 Å². The summed E-state index contributed by atoms with van der Waals surface area (Å²) in [5.74, 6) is 0.539. The molecule has 0 unspecified atom stereocenters. The zero-order valence-corrected chi connectivity index (χ0v) is 17.4. The van der Waals surface area contributed by atoms with Crippen LogP contribution < -0.4 is 0 Å². The summed E-state index contributed by atoms with van der Waals surface area (Å²) >= 11 is 0. The largest absolute Gasteiger partial charge is 0.340 e. The maximum Gasteiger partial charge on any atom is 0.270 e. The number of hydrogen-bond acceptors (Lipinski definition) is 3. The van der Waals surface area contributed by atoms with Gasteiger partial charge < -0.3 is 9.47 Å². The van der Waals surface area contributed by atoms with Gasteiger partial charge in [0.15, 0.2) is 0 Å². The van der Waals surface area contributed by atoms with Crippen molar-refractivity contribution in [1.29, 1.82) is 0 Å². The molecular formula is C20H29N3O3S. The van der Waals surface area contributed by atoms with Crippen LogP contribution in [0.2, 0.25) is 0 Å². The molecule has 6 nitrogen and oxygen atoms in total. The van der Waals surface area contributed by atoms with E-state index in [1.807, 2.05) is 36.4 Å². The molecule has 0 saturated carbocycles. The molecule has 0 N–H and O–H groups in total. The molecule has 0 aliphatic carbocycles. The van der Waals surface area contributed by atoms with Gasteiger partial charge in [-0.05, 0) is 43.0 Å². The summed E-state index contributed by atoms with van der Waals surface area (Å²) in [5, 5.41) is 0.777. The number of hydrogen-bond donors (Lipinski definition) is 0. The fraction of sp³-hybridized carbons (Fsp3) is 0.550. The van der Waals surface area contributed by atoms with Crippen molar-refractivity contribution < 1.29 is 13.2 Å². The quantitative estimate of drug-likeness (QED) is 0.787. The van der Waals surface area contributed by atoms with E-state index in [0.717, 1.165) is 36.8 Å². The molecule has 0 bridgehead atoms.